The number of guanidine groups is 1. The van der Waals surface area contributed by atoms with Gasteiger partial charge in [-0.05, 0) is 31.6 Å². The smallest absolute Gasteiger partial charge is 0.194 e. The van der Waals surface area contributed by atoms with Gasteiger partial charge in [0.15, 0.2) is 5.96 Å². The molecule has 0 bridgehead atoms. The minimum atomic E-state index is 0.0706. The molecule has 1 N–H and O–H groups in total. The summed E-state index contributed by atoms with van der Waals surface area (Å²) in [5, 5.41) is 7.77. The largest absolute Gasteiger partial charge is 0.370 e. The summed E-state index contributed by atoms with van der Waals surface area (Å²) >= 11 is 0. The maximum absolute atomic E-state index is 5.98. The lowest BCUT2D eigenvalue weighted by Gasteiger charge is -2.35. The first kappa shape index (κ1) is 19.2. The molecule has 0 amide bonds. The quantitative estimate of drug-likeness (QED) is 0.647. The normalized spacial score (nSPS) is 27.6. The number of aromatic nitrogens is 2. The molecule has 1 saturated carbocycles. The molecular weight excluding hydrogens is 326 g/mol. The van der Waals surface area contributed by atoms with Crippen molar-refractivity contribution in [3.05, 3.63) is 18.0 Å². The minimum absolute atomic E-state index is 0.0706. The van der Waals surface area contributed by atoms with Crippen LogP contribution in [0.3, 0.4) is 0 Å². The molecule has 1 aromatic rings. The molecule has 1 saturated heterocycles. The van der Waals surface area contributed by atoms with E-state index in [1.807, 2.05) is 24.1 Å². The molecule has 2 aliphatic rings. The predicted octanol–water partition coefficient (Wildman–Crippen LogP) is 2.98. The molecule has 1 aromatic heterocycles. The van der Waals surface area contributed by atoms with Crippen LogP contribution in [0.1, 0.15) is 57.6 Å². The van der Waals surface area contributed by atoms with E-state index in [0.717, 1.165) is 56.1 Å². The van der Waals surface area contributed by atoms with Crippen molar-refractivity contribution < 1.29 is 4.74 Å². The van der Waals surface area contributed by atoms with Gasteiger partial charge in [-0.3, -0.25) is 9.67 Å². The van der Waals surface area contributed by atoms with Crippen LogP contribution < -0.4 is 5.32 Å². The molecule has 1 unspecified atom stereocenters. The highest BCUT2D eigenvalue weighted by Crippen LogP contribution is 2.30. The zero-order valence-electron chi connectivity index (χ0n) is 16.7. The van der Waals surface area contributed by atoms with Crippen molar-refractivity contribution in [2.75, 3.05) is 32.8 Å². The van der Waals surface area contributed by atoms with E-state index in [1.54, 1.807) is 0 Å². The number of hydrogen-bond acceptors (Lipinski definition) is 3. The van der Waals surface area contributed by atoms with Crippen molar-refractivity contribution >= 4 is 5.96 Å². The van der Waals surface area contributed by atoms with Gasteiger partial charge in [-0.25, -0.2) is 0 Å². The van der Waals surface area contributed by atoms with Gasteiger partial charge in [0.05, 0.1) is 19.3 Å². The average molecular weight is 362 g/mol. The zero-order valence-corrected chi connectivity index (χ0v) is 16.7. The number of hydrogen-bond donors (Lipinski definition) is 1. The fourth-order valence-corrected chi connectivity index (χ4v) is 4.11. The second kappa shape index (κ2) is 9.40. The maximum atomic E-state index is 5.98. The van der Waals surface area contributed by atoms with E-state index in [2.05, 4.69) is 29.2 Å². The standard InChI is InChI=1S/C20H35N5O/c1-4-16-6-8-17(9-7-16)12-22-20(21-5-2)25-10-11-26-19(15-25)18-13-23-24(3)14-18/h13-14,16-17,19H,4-12,15H2,1-3H3,(H,21,22). The Labute approximate surface area is 158 Å². The summed E-state index contributed by atoms with van der Waals surface area (Å²) in [7, 11) is 1.95. The Morgan fingerprint density at radius 1 is 1.27 bits per heavy atom. The monoisotopic (exact) mass is 361 g/mol. The molecule has 26 heavy (non-hydrogen) atoms. The summed E-state index contributed by atoms with van der Waals surface area (Å²) in [6, 6.07) is 0. The third-order valence-electron chi connectivity index (χ3n) is 5.84. The van der Waals surface area contributed by atoms with Gasteiger partial charge < -0.3 is 15.0 Å². The van der Waals surface area contributed by atoms with Crippen LogP contribution in [0.15, 0.2) is 17.4 Å². The topological polar surface area (TPSA) is 54.7 Å². The van der Waals surface area contributed by atoms with E-state index in [1.165, 1.54) is 32.1 Å². The summed E-state index contributed by atoms with van der Waals surface area (Å²) in [5.74, 6) is 2.74. The number of aliphatic imine (C=N–C) groups is 1. The van der Waals surface area contributed by atoms with E-state index < -0.39 is 0 Å². The van der Waals surface area contributed by atoms with Gasteiger partial charge in [0.2, 0.25) is 0 Å². The molecule has 0 aromatic carbocycles. The summed E-state index contributed by atoms with van der Waals surface area (Å²) in [4.78, 5) is 7.35. The second-order valence-electron chi connectivity index (χ2n) is 7.74. The van der Waals surface area contributed by atoms with Gasteiger partial charge in [0.1, 0.15) is 6.10 Å². The van der Waals surface area contributed by atoms with E-state index in [0.29, 0.717) is 0 Å². The number of morpholine rings is 1. The van der Waals surface area contributed by atoms with Crippen LogP contribution in [0.5, 0.6) is 0 Å². The van der Waals surface area contributed by atoms with Crippen LogP contribution in [0.4, 0.5) is 0 Å². The summed E-state index contributed by atoms with van der Waals surface area (Å²) in [6.07, 6.45) is 10.8. The number of aryl methyl sites for hydroxylation is 1. The van der Waals surface area contributed by atoms with Crippen LogP contribution >= 0.6 is 0 Å². The van der Waals surface area contributed by atoms with E-state index in [9.17, 15) is 0 Å². The van der Waals surface area contributed by atoms with Gasteiger partial charge in [0.25, 0.3) is 0 Å². The summed E-state index contributed by atoms with van der Waals surface area (Å²) in [6.45, 7) is 8.77. The highest BCUT2D eigenvalue weighted by molar-refractivity contribution is 5.80. The van der Waals surface area contributed by atoms with Crippen molar-refractivity contribution in [1.82, 2.24) is 20.0 Å². The SMILES string of the molecule is CCNC(=NCC1CCC(CC)CC1)N1CCOC(c2cnn(C)c2)C1. The first-order valence-electron chi connectivity index (χ1n) is 10.3. The van der Waals surface area contributed by atoms with E-state index in [-0.39, 0.29) is 6.10 Å². The summed E-state index contributed by atoms with van der Waals surface area (Å²) in [5.41, 5.74) is 1.14. The first-order valence-corrected chi connectivity index (χ1v) is 10.3. The molecule has 1 aliphatic heterocycles. The Kier molecular flexibility index (Phi) is 6.94. The fraction of sp³-hybridized carbons (Fsp3) is 0.800. The molecule has 0 radical (unpaired) electrons. The lowest BCUT2D eigenvalue weighted by Crippen LogP contribution is -2.48. The third-order valence-corrected chi connectivity index (χ3v) is 5.84. The second-order valence-corrected chi connectivity index (χ2v) is 7.74. The van der Waals surface area contributed by atoms with Crippen molar-refractivity contribution in [3.8, 4) is 0 Å². The van der Waals surface area contributed by atoms with E-state index >= 15 is 0 Å². The molecular formula is C20H35N5O. The maximum Gasteiger partial charge on any atom is 0.194 e. The Balaban J connectivity index is 1.59. The average Bonchev–Trinajstić information content (AvgIpc) is 3.12. The highest BCUT2D eigenvalue weighted by Gasteiger charge is 2.26. The molecule has 0 spiro atoms. The number of rotatable bonds is 5. The van der Waals surface area contributed by atoms with Gasteiger partial charge in [-0.2, -0.15) is 5.10 Å². The van der Waals surface area contributed by atoms with Crippen LogP contribution in [-0.4, -0.2) is 53.4 Å². The van der Waals surface area contributed by atoms with Crippen molar-refractivity contribution in [3.63, 3.8) is 0 Å². The van der Waals surface area contributed by atoms with Crippen molar-refractivity contribution in [2.45, 2.75) is 52.1 Å². The fourth-order valence-electron chi connectivity index (χ4n) is 4.11. The molecule has 146 valence electrons. The predicted molar refractivity (Wildman–Crippen MR) is 105 cm³/mol. The van der Waals surface area contributed by atoms with Crippen molar-refractivity contribution in [1.29, 1.82) is 0 Å². The van der Waals surface area contributed by atoms with Gasteiger partial charge >= 0.3 is 0 Å². The Hall–Kier alpha value is -1.56. The van der Waals surface area contributed by atoms with E-state index in [4.69, 9.17) is 9.73 Å². The number of nitrogens with one attached hydrogen (secondary N) is 1. The van der Waals surface area contributed by atoms with Gasteiger partial charge in [-0.15, -0.1) is 0 Å². The Bertz CT molecular complexity index is 577. The van der Waals surface area contributed by atoms with Gasteiger partial charge in [0, 0.05) is 38.4 Å². The molecule has 6 heteroatoms. The lowest BCUT2D eigenvalue weighted by atomic mass is 9.81. The number of nitrogens with zero attached hydrogens (tertiary/aromatic N) is 4. The summed E-state index contributed by atoms with van der Waals surface area (Å²) < 4.78 is 7.81. The Morgan fingerprint density at radius 3 is 2.69 bits per heavy atom. The molecule has 3 rings (SSSR count). The molecule has 1 aliphatic carbocycles. The first-order chi connectivity index (χ1) is 12.7. The van der Waals surface area contributed by atoms with Gasteiger partial charge in [-0.1, -0.05) is 26.2 Å². The molecule has 6 nitrogen and oxygen atoms in total. The highest BCUT2D eigenvalue weighted by atomic mass is 16.5. The van der Waals surface area contributed by atoms with Crippen LogP contribution in [0, 0.1) is 11.8 Å². The molecule has 2 heterocycles. The lowest BCUT2D eigenvalue weighted by molar-refractivity contribution is -0.00807. The Morgan fingerprint density at radius 2 is 2.04 bits per heavy atom. The minimum Gasteiger partial charge on any atom is -0.370 e. The number of ether oxygens (including phenoxy) is 1. The van der Waals surface area contributed by atoms with Crippen LogP contribution in [0.25, 0.3) is 0 Å². The third kappa shape index (κ3) is 5.00. The molecule has 2 fully saturated rings. The molecule has 1 atom stereocenters. The van der Waals surface area contributed by atoms with Crippen molar-refractivity contribution in [2.24, 2.45) is 23.9 Å². The van der Waals surface area contributed by atoms with Crippen LogP contribution in [-0.2, 0) is 11.8 Å². The zero-order chi connectivity index (χ0) is 18.4. The van der Waals surface area contributed by atoms with Crippen LogP contribution in [0.2, 0.25) is 0 Å².